The molecule has 35 heavy (non-hydrogen) atoms. The van der Waals surface area contributed by atoms with E-state index >= 15 is 0 Å². The van der Waals surface area contributed by atoms with Gasteiger partial charge >= 0.3 is 5.97 Å². The van der Waals surface area contributed by atoms with Crippen molar-refractivity contribution in [2.45, 2.75) is 51.0 Å². The van der Waals surface area contributed by atoms with Gasteiger partial charge in [-0.1, -0.05) is 60.3 Å². The molecule has 2 unspecified atom stereocenters. The predicted molar refractivity (Wildman–Crippen MR) is 138 cm³/mol. The summed E-state index contributed by atoms with van der Waals surface area (Å²) in [5.41, 5.74) is 4.08. The Hall–Kier alpha value is -2.63. The Balaban J connectivity index is 1.42. The van der Waals surface area contributed by atoms with E-state index in [1.807, 2.05) is 48.5 Å². The zero-order chi connectivity index (χ0) is 24.4. The maximum absolute atomic E-state index is 13.3. The van der Waals surface area contributed by atoms with Gasteiger partial charge in [0.1, 0.15) is 0 Å². The number of rotatable bonds is 5. The van der Waals surface area contributed by atoms with Crippen molar-refractivity contribution in [2.24, 2.45) is 16.9 Å². The summed E-state index contributed by atoms with van der Waals surface area (Å²) < 4.78 is 5.44. The summed E-state index contributed by atoms with van der Waals surface area (Å²) in [5, 5.41) is 7.71. The minimum atomic E-state index is -0.302. The lowest BCUT2D eigenvalue weighted by Gasteiger charge is -2.29. The zero-order valence-corrected chi connectivity index (χ0v) is 21.0. The number of benzene rings is 2. The van der Waals surface area contributed by atoms with Gasteiger partial charge in [0.25, 0.3) is 5.91 Å². The molecule has 2 aliphatic carbocycles. The van der Waals surface area contributed by atoms with Crippen LogP contribution >= 0.6 is 23.2 Å². The van der Waals surface area contributed by atoms with Gasteiger partial charge in [-0.3, -0.25) is 9.59 Å². The van der Waals surface area contributed by atoms with E-state index in [0.717, 1.165) is 67.4 Å². The summed E-state index contributed by atoms with van der Waals surface area (Å²) in [7, 11) is 0. The first-order chi connectivity index (χ1) is 17.0. The Morgan fingerprint density at radius 1 is 0.943 bits per heavy atom. The highest BCUT2D eigenvalue weighted by atomic mass is 35.5. The molecule has 5 rings (SSSR count). The number of halogens is 2. The Bertz CT molecular complexity index is 1150. The largest absolute Gasteiger partial charge is 0.455 e. The molecule has 3 aliphatic rings. The molecule has 2 saturated carbocycles. The van der Waals surface area contributed by atoms with Gasteiger partial charge in [0.05, 0.1) is 17.7 Å². The summed E-state index contributed by atoms with van der Waals surface area (Å²) in [6, 6.07) is 15.0. The van der Waals surface area contributed by atoms with Crippen molar-refractivity contribution in [3.8, 4) is 0 Å². The summed E-state index contributed by atoms with van der Waals surface area (Å²) >= 11 is 12.2. The van der Waals surface area contributed by atoms with Gasteiger partial charge in [-0.2, -0.15) is 5.10 Å². The highest BCUT2D eigenvalue weighted by Gasteiger charge is 2.44. The van der Waals surface area contributed by atoms with Crippen molar-refractivity contribution < 1.29 is 14.3 Å². The number of hydrazone groups is 1. The smallest absolute Gasteiger partial charge is 0.309 e. The van der Waals surface area contributed by atoms with Crippen LogP contribution in [0.1, 0.15) is 62.1 Å². The number of allylic oxidation sites excluding steroid dienone is 1. The molecule has 1 heterocycles. The van der Waals surface area contributed by atoms with Gasteiger partial charge in [-0.15, -0.1) is 0 Å². The summed E-state index contributed by atoms with van der Waals surface area (Å²) in [5.74, 6) is -0.593. The average Bonchev–Trinajstić information content (AvgIpc) is 3.53. The van der Waals surface area contributed by atoms with E-state index in [1.54, 1.807) is 0 Å². The Morgan fingerprint density at radius 2 is 1.60 bits per heavy atom. The molecular formula is C28H28Cl2N2O3. The van der Waals surface area contributed by atoms with E-state index in [2.05, 4.69) is 6.08 Å². The minimum absolute atomic E-state index is 0.0676. The van der Waals surface area contributed by atoms with Crippen molar-refractivity contribution in [1.82, 2.24) is 5.01 Å². The Morgan fingerprint density at radius 3 is 2.29 bits per heavy atom. The Labute approximate surface area is 215 Å². The van der Waals surface area contributed by atoms with Crippen molar-refractivity contribution in [1.29, 1.82) is 0 Å². The lowest BCUT2D eigenvalue weighted by molar-refractivity contribution is -0.156. The number of hydrogen-bond donors (Lipinski definition) is 0. The third kappa shape index (κ3) is 5.31. The first-order valence-corrected chi connectivity index (χ1v) is 13.0. The molecule has 5 nitrogen and oxygen atoms in total. The summed E-state index contributed by atoms with van der Waals surface area (Å²) in [6.45, 7) is -0.293. The zero-order valence-electron chi connectivity index (χ0n) is 19.5. The van der Waals surface area contributed by atoms with E-state index in [4.69, 9.17) is 33.0 Å². The van der Waals surface area contributed by atoms with E-state index in [-0.39, 0.29) is 36.4 Å². The minimum Gasteiger partial charge on any atom is -0.455 e. The molecule has 2 fully saturated rings. The van der Waals surface area contributed by atoms with Crippen LogP contribution in [0.15, 0.2) is 59.2 Å². The van der Waals surface area contributed by atoms with Crippen LogP contribution in [0.3, 0.4) is 0 Å². The number of carbonyl (C=O) groups is 2. The standard InChI is InChI=1S/C28H28Cl2N2O3/c29-22-12-8-18(9-13-22)16-21-6-3-7-24-26(21)31-32(27(24)19-10-14-23(30)15-11-19)25(33)17-35-28(34)20-4-1-2-5-20/h8-16,20,24,27H,1-7,17H2. The average molecular weight is 511 g/mol. The SMILES string of the molecule is O=C(OCC(=O)N1N=C2C(=Cc3ccc(Cl)cc3)CCCC2C1c1ccc(Cl)cc1)C1CCCC1. The lowest BCUT2D eigenvalue weighted by Crippen LogP contribution is -2.35. The van der Waals surface area contributed by atoms with Gasteiger partial charge in [-0.05, 0) is 79.1 Å². The summed E-state index contributed by atoms with van der Waals surface area (Å²) in [6.07, 6.45) is 8.72. The second kappa shape index (κ2) is 10.5. The number of ether oxygens (including phenoxy) is 1. The molecule has 0 bridgehead atoms. The van der Waals surface area contributed by atoms with Crippen molar-refractivity contribution >= 4 is 46.9 Å². The fourth-order valence-electron chi connectivity index (χ4n) is 5.44. The number of esters is 1. The van der Waals surface area contributed by atoms with Crippen LogP contribution in [0.25, 0.3) is 6.08 Å². The monoisotopic (exact) mass is 510 g/mol. The third-order valence-electron chi connectivity index (χ3n) is 7.21. The fraction of sp³-hybridized carbons (Fsp3) is 0.393. The molecule has 2 aromatic rings. The molecule has 0 radical (unpaired) electrons. The summed E-state index contributed by atoms with van der Waals surface area (Å²) in [4.78, 5) is 25.8. The van der Waals surface area contributed by atoms with Gasteiger partial charge in [0, 0.05) is 16.0 Å². The van der Waals surface area contributed by atoms with E-state index in [0.29, 0.717) is 10.0 Å². The third-order valence-corrected chi connectivity index (χ3v) is 7.71. The van der Waals surface area contributed by atoms with Crippen LogP contribution in [-0.4, -0.2) is 29.2 Å². The molecule has 0 aromatic heterocycles. The topological polar surface area (TPSA) is 59.0 Å². The molecular weight excluding hydrogens is 483 g/mol. The van der Waals surface area contributed by atoms with Gasteiger partial charge in [0.2, 0.25) is 0 Å². The van der Waals surface area contributed by atoms with Gasteiger partial charge in [-0.25, -0.2) is 5.01 Å². The molecule has 7 heteroatoms. The van der Waals surface area contributed by atoms with E-state index in [9.17, 15) is 9.59 Å². The van der Waals surface area contributed by atoms with Crippen LogP contribution in [0.2, 0.25) is 10.0 Å². The number of nitrogens with zero attached hydrogens (tertiary/aromatic N) is 2. The van der Waals surface area contributed by atoms with Crippen molar-refractivity contribution in [3.05, 3.63) is 75.3 Å². The van der Waals surface area contributed by atoms with Gasteiger partial charge < -0.3 is 4.74 Å². The first kappa shape index (κ1) is 24.1. The molecule has 1 aliphatic heterocycles. The highest BCUT2D eigenvalue weighted by Crippen LogP contribution is 2.44. The first-order valence-electron chi connectivity index (χ1n) is 12.3. The quantitative estimate of drug-likeness (QED) is 0.413. The lowest BCUT2D eigenvalue weighted by atomic mass is 9.77. The Kier molecular flexibility index (Phi) is 7.26. The predicted octanol–water partition coefficient (Wildman–Crippen LogP) is 6.85. The van der Waals surface area contributed by atoms with Crippen LogP contribution < -0.4 is 0 Å². The molecule has 2 atom stereocenters. The van der Waals surface area contributed by atoms with Crippen molar-refractivity contribution in [2.75, 3.05) is 6.61 Å². The van der Waals surface area contributed by atoms with Gasteiger partial charge in [0.15, 0.2) is 6.61 Å². The normalized spacial score (nSPS) is 23.3. The van der Waals surface area contributed by atoms with Crippen LogP contribution in [0.4, 0.5) is 0 Å². The van der Waals surface area contributed by atoms with Crippen LogP contribution in [-0.2, 0) is 14.3 Å². The molecule has 0 spiro atoms. The molecule has 182 valence electrons. The van der Waals surface area contributed by atoms with E-state index < -0.39 is 0 Å². The number of fused-ring (bicyclic) bond motifs is 1. The molecule has 0 saturated heterocycles. The fourth-order valence-corrected chi connectivity index (χ4v) is 5.69. The number of amides is 1. The second-order valence-corrected chi connectivity index (χ2v) is 10.4. The van der Waals surface area contributed by atoms with Crippen LogP contribution in [0.5, 0.6) is 0 Å². The molecule has 2 aromatic carbocycles. The highest BCUT2D eigenvalue weighted by molar-refractivity contribution is 6.30. The van der Waals surface area contributed by atoms with E-state index in [1.165, 1.54) is 5.01 Å². The maximum Gasteiger partial charge on any atom is 0.309 e. The number of hydrogen-bond acceptors (Lipinski definition) is 4. The maximum atomic E-state index is 13.3. The van der Waals surface area contributed by atoms with Crippen LogP contribution in [0, 0.1) is 11.8 Å². The second-order valence-electron chi connectivity index (χ2n) is 9.53. The molecule has 0 N–H and O–H groups in total. The number of carbonyl (C=O) groups excluding carboxylic acids is 2. The molecule has 1 amide bonds. The van der Waals surface area contributed by atoms with Crippen molar-refractivity contribution in [3.63, 3.8) is 0 Å².